The van der Waals surface area contributed by atoms with Gasteiger partial charge in [0.25, 0.3) is 0 Å². The minimum Gasteiger partial charge on any atom is -0.106 e. The highest BCUT2D eigenvalue weighted by Crippen LogP contribution is 1.81. The van der Waals surface area contributed by atoms with Gasteiger partial charge in [-0.25, -0.2) is 0 Å². The largest absolute Gasteiger partial charge is 0.106 e. The Kier molecular flexibility index (Phi) is 201. The van der Waals surface area contributed by atoms with Crippen molar-refractivity contribution >= 4 is 0 Å². The van der Waals surface area contributed by atoms with Crippen LogP contribution in [0.25, 0.3) is 0 Å². The summed E-state index contributed by atoms with van der Waals surface area (Å²) in [4.78, 5) is 0. The molecule has 0 aliphatic carbocycles. The maximum atomic E-state index is 3.56. The van der Waals surface area contributed by atoms with Crippen molar-refractivity contribution in [2.75, 3.05) is 0 Å². The molecule has 26 heavy (non-hydrogen) atoms. The van der Waals surface area contributed by atoms with Gasteiger partial charge in [0.05, 0.1) is 0 Å². The van der Waals surface area contributed by atoms with E-state index in [0.717, 1.165) is 12.3 Å². The number of hydrogen-bond acceptors (Lipinski definition) is 0. The molecule has 0 spiro atoms. The molecule has 0 radical (unpaired) electrons. The zero-order valence-electron chi connectivity index (χ0n) is 21.6. The van der Waals surface area contributed by atoms with Crippen LogP contribution in [-0.4, -0.2) is 0 Å². The molecule has 0 fully saturated rings. The fraction of sp³-hybridized carbons (Fsp3) is 0.692. The molecule has 0 saturated carbocycles. The Morgan fingerprint density at radius 2 is 0.885 bits per heavy atom. The van der Waals surface area contributed by atoms with Crippen LogP contribution in [0.1, 0.15) is 116 Å². The fourth-order valence-corrected chi connectivity index (χ4v) is 0. The quantitative estimate of drug-likeness (QED) is 0.423. The Bertz CT molecular complexity index is 154. The van der Waals surface area contributed by atoms with E-state index in [9.17, 15) is 0 Å². The van der Waals surface area contributed by atoms with Crippen molar-refractivity contribution in [3.05, 3.63) is 50.6 Å². The third-order valence-corrected chi connectivity index (χ3v) is 0.789. The van der Waals surface area contributed by atoms with Crippen LogP contribution in [0.2, 0.25) is 0 Å². The van der Waals surface area contributed by atoms with Gasteiger partial charge in [-0.05, 0) is 33.1 Å². The van der Waals surface area contributed by atoms with Crippen LogP contribution < -0.4 is 0 Å². The van der Waals surface area contributed by atoms with Crippen LogP contribution in [0.4, 0.5) is 0 Å². The average Bonchev–Trinajstić information content (AvgIpc) is 2.59. The average molecular weight is 373 g/mol. The summed E-state index contributed by atoms with van der Waals surface area (Å²) in [6.45, 7) is 43.4. The SMILES string of the molecule is C=C.C=C(C)C.C=CC.C=CCC.CC.CC(C)C.CCC.CCCC. The lowest BCUT2D eigenvalue weighted by molar-refractivity contribution is 0.737. The van der Waals surface area contributed by atoms with E-state index in [2.05, 4.69) is 88.3 Å². The summed E-state index contributed by atoms with van der Waals surface area (Å²) in [5, 5.41) is 0. The first-order valence-corrected chi connectivity index (χ1v) is 10.4. The van der Waals surface area contributed by atoms with E-state index in [1.54, 1.807) is 6.08 Å². The smallest absolute Gasteiger partial charge is 0.0382 e. The normalized spacial score (nSPS) is 6.08. The Morgan fingerprint density at radius 1 is 0.808 bits per heavy atom. The number of rotatable bonds is 2. The molecule has 0 aromatic heterocycles. The van der Waals surface area contributed by atoms with E-state index in [0.29, 0.717) is 0 Å². The van der Waals surface area contributed by atoms with Gasteiger partial charge in [-0.15, -0.1) is 32.9 Å². The van der Waals surface area contributed by atoms with Crippen LogP contribution in [0.3, 0.4) is 0 Å². The molecule has 164 valence electrons. The summed E-state index contributed by atoms with van der Waals surface area (Å²) in [5.74, 6) is 0.833. The van der Waals surface area contributed by atoms with E-state index in [4.69, 9.17) is 0 Å². The molecular formula is C26H60. The minimum absolute atomic E-state index is 0.833. The zero-order chi connectivity index (χ0) is 23.4. The molecule has 0 heterocycles. The van der Waals surface area contributed by atoms with Gasteiger partial charge in [-0.1, -0.05) is 106 Å². The molecule has 0 amide bonds. The highest BCUT2D eigenvalue weighted by atomic mass is 13.7. The lowest BCUT2D eigenvalue weighted by atomic mass is 10.3. The molecular weight excluding hydrogens is 312 g/mol. The number of allylic oxidation sites excluding steroid dienone is 3. The predicted octanol–water partition coefficient (Wildman–Crippen LogP) is 11.1. The summed E-state index contributed by atoms with van der Waals surface area (Å²) < 4.78 is 0. The van der Waals surface area contributed by atoms with Gasteiger partial charge in [0.2, 0.25) is 0 Å². The molecule has 0 aromatic rings. The lowest BCUT2D eigenvalue weighted by Gasteiger charge is -1.79. The second-order valence-corrected chi connectivity index (χ2v) is 5.75. The number of unbranched alkanes of at least 4 members (excludes halogenated alkanes) is 1. The van der Waals surface area contributed by atoms with Crippen molar-refractivity contribution in [2.24, 2.45) is 5.92 Å². The van der Waals surface area contributed by atoms with Crippen LogP contribution >= 0.6 is 0 Å². The maximum absolute atomic E-state index is 3.56. The highest BCUT2D eigenvalue weighted by Gasteiger charge is 1.68. The standard InChI is InChI=1S/C4H10.C4H8.C4H10.C4H8.C3H8.C3H6.C2H6.C2H4/c2*1-4(2)3;2*1-3-4-2;2*1-3-2;2*1-2/h4H,1-3H3;1H2,2-3H3;3-4H2,1-2H3;3H,1,4H2,2H3;3H2,1-2H3;3H,1H2,2H3;1-2H3;1-2H2. The molecule has 0 N–H and O–H groups in total. The highest BCUT2D eigenvalue weighted by molar-refractivity contribution is 4.78. The molecule has 0 rings (SSSR count). The van der Waals surface area contributed by atoms with Gasteiger partial charge >= 0.3 is 0 Å². The van der Waals surface area contributed by atoms with E-state index in [-0.39, 0.29) is 0 Å². The third-order valence-electron chi connectivity index (χ3n) is 0.789. The summed E-state index contributed by atoms with van der Waals surface area (Å²) in [6.07, 6.45) is 8.60. The van der Waals surface area contributed by atoms with Gasteiger partial charge in [0.1, 0.15) is 0 Å². The molecule has 0 unspecified atom stereocenters. The van der Waals surface area contributed by atoms with Gasteiger partial charge < -0.3 is 0 Å². The molecule has 0 nitrogen and oxygen atoms in total. The summed E-state index contributed by atoms with van der Waals surface area (Å²) in [6, 6.07) is 0. The van der Waals surface area contributed by atoms with Gasteiger partial charge in [0, 0.05) is 0 Å². The molecule has 0 atom stereocenters. The molecule has 0 aliphatic rings. The Labute approximate surface area is 172 Å². The predicted molar refractivity (Wildman–Crippen MR) is 137 cm³/mol. The third kappa shape index (κ3) is 12000. The van der Waals surface area contributed by atoms with Gasteiger partial charge in [-0.2, -0.15) is 0 Å². The van der Waals surface area contributed by atoms with Crippen LogP contribution in [0, 0.1) is 5.92 Å². The van der Waals surface area contributed by atoms with Gasteiger partial charge in [-0.3, -0.25) is 0 Å². The first-order chi connectivity index (χ1) is 12.1. The fourth-order valence-electron chi connectivity index (χ4n) is 0. The van der Waals surface area contributed by atoms with Gasteiger partial charge in [0.15, 0.2) is 0 Å². The summed E-state index contributed by atoms with van der Waals surface area (Å²) in [7, 11) is 0. The minimum atomic E-state index is 0.833. The van der Waals surface area contributed by atoms with E-state index in [1.807, 2.05) is 40.7 Å². The summed E-state index contributed by atoms with van der Waals surface area (Å²) in [5.41, 5.74) is 1.17. The second kappa shape index (κ2) is 105. The zero-order valence-corrected chi connectivity index (χ0v) is 21.6. The molecule has 0 saturated heterocycles. The van der Waals surface area contributed by atoms with E-state index in [1.165, 1.54) is 24.8 Å². The Hall–Kier alpha value is -1.04. The first kappa shape index (κ1) is 49.8. The lowest BCUT2D eigenvalue weighted by Crippen LogP contribution is -1.66. The van der Waals surface area contributed by atoms with Crippen molar-refractivity contribution in [2.45, 2.75) is 116 Å². The van der Waals surface area contributed by atoms with Crippen molar-refractivity contribution in [1.82, 2.24) is 0 Å². The van der Waals surface area contributed by atoms with E-state index < -0.39 is 0 Å². The monoisotopic (exact) mass is 372 g/mol. The topological polar surface area (TPSA) is 0 Å². The molecule has 0 heteroatoms. The maximum Gasteiger partial charge on any atom is -0.0382 e. The first-order valence-electron chi connectivity index (χ1n) is 10.4. The van der Waals surface area contributed by atoms with Crippen molar-refractivity contribution in [3.8, 4) is 0 Å². The van der Waals surface area contributed by atoms with Crippen LogP contribution in [0.15, 0.2) is 50.6 Å². The molecule has 0 aromatic carbocycles. The van der Waals surface area contributed by atoms with Crippen molar-refractivity contribution in [3.63, 3.8) is 0 Å². The van der Waals surface area contributed by atoms with Crippen molar-refractivity contribution in [1.29, 1.82) is 0 Å². The van der Waals surface area contributed by atoms with Crippen molar-refractivity contribution < 1.29 is 0 Å². The second-order valence-electron chi connectivity index (χ2n) is 5.75. The van der Waals surface area contributed by atoms with E-state index >= 15 is 0 Å². The summed E-state index contributed by atoms with van der Waals surface area (Å²) >= 11 is 0. The number of hydrogen-bond donors (Lipinski definition) is 0. The molecule has 0 aliphatic heterocycles. The molecule has 0 bridgehead atoms. The Balaban J connectivity index is -0.0000000241. The Morgan fingerprint density at radius 3 is 0.885 bits per heavy atom. The van der Waals surface area contributed by atoms with Crippen LogP contribution in [0.5, 0.6) is 0 Å². The van der Waals surface area contributed by atoms with Crippen LogP contribution in [-0.2, 0) is 0 Å².